The summed E-state index contributed by atoms with van der Waals surface area (Å²) in [5.74, 6) is -0.364. The smallest absolute Gasteiger partial charge is 0.275 e. The predicted molar refractivity (Wildman–Crippen MR) is 95.9 cm³/mol. The highest BCUT2D eigenvalue weighted by Gasteiger charge is 2.13. The Bertz CT molecular complexity index is 954. The van der Waals surface area contributed by atoms with Crippen molar-refractivity contribution in [1.82, 2.24) is 15.5 Å². The molecule has 2 heterocycles. The Morgan fingerprint density at radius 1 is 1.07 bits per heavy atom. The third-order valence-electron chi connectivity index (χ3n) is 3.70. The minimum atomic E-state index is -0.496. The van der Waals surface area contributed by atoms with Crippen molar-refractivity contribution in [2.45, 2.75) is 13.3 Å². The molecule has 0 atom stereocenters. The van der Waals surface area contributed by atoms with Crippen LogP contribution in [0.1, 0.15) is 32.3 Å². The van der Waals surface area contributed by atoms with E-state index < -0.39 is 11.8 Å². The van der Waals surface area contributed by atoms with E-state index in [0.717, 1.165) is 5.56 Å². The maximum absolute atomic E-state index is 12.9. The fourth-order valence-electron chi connectivity index (χ4n) is 2.36. The Labute approximate surface area is 154 Å². The molecule has 7 nitrogen and oxygen atoms in total. The van der Waals surface area contributed by atoms with Crippen molar-refractivity contribution in [1.29, 1.82) is 0 Å². The largest absolute Gasteiger partial charge is 0.360 e. The quantitative estimate of drug-likeness (QED) is 0.697. The number of halogens is 1. The maximum Gasteiger partial charge on any atom is 0.275 e. The Morgan fingerprint density at radius 2 is 1.78 bits per heavy atom. The van der Waals surface area contributed by atoms with Gasteiger partial charge in [-0.3, -0.25) is 9.59 Å². The number of anilines is 1. The molecule has 0 bridgehead atoms. The van der Waals surface area contributed by atoms with Crippen molar-refractivity contribution in [3.05, 3.63) is 77.1 Å². The molecule has 0 unspecified atom stereocenters. The van der Waals surface area contributed by atoms with Gasteiger partial charge in [0.2, 0.25) is 0 Å². The van der Waals surface area contributed by atoms with Gasteiger partial charge in [-0.25, -0.2) is 9.37 Å². The first-order chi connectivity index (χ1) is 13.0. The van der Waals surface area contributed by atoms with Crippen LogP contribution in [0.15, 0.2) is 53.1 Å². The van der Waals surface area contributed by atoms with Crippen molar-refractivity contribution >= 4 is 17.6 Å². The number of rotatable bonds is 6. The van der Waals surface area contributed by atoms with Crippen LogP contribution in [0.2, 0.25) is 0 Å². The number of hydrogen-bond donors (Lipinski definition) is 2. The SMILES string of the molecule is Cc1cc(NC(=O)c2cccc(C(=O)NCCc3ccc(F)cc3)n2)no1. The summed E-state index contributed by atoms with van der Waals surface area (Å²) in [6, 6.07) is 12.2. The summed E-state index contributed by atoms with van der Waals surface area (Å²) >= 11 is 0. The molecule has 0 aliphatic carbocycles. The number of carbonyl (C=O) groups excluding carboxylic acids is 2. The lowest BCUT2D eigenvalue weighted by Gasteiger charge is -2.06. The number of hydrogen-bond acceptors (Lipinski definition) is 5. The molecule has 8 heteroatoms. The highest BCUT2D eigenvalue weighted by atomic mass is 19.1. The molecule has 138 valence electrons. The van der Waals surface area contributed by atoms with E-state index in [1.165, 1.54) is 24.3 Å². The van der Waals surface area contributed by atoms with Gasteiger partial charge in [-0.15, -0.1) is 0 Å². The number of nitrogens with one attached hydrogen (secondary N) is 2. The second kappa shape index (κ2) is 8.22. The third-order valence-corrected chi connectivity index (χ3v) is 3.70. The zero-order chi connectivity index (χ0) is 19.2. The number of aryl methyl sites for hydroxylation is 1. The molecular weight excluding hydrogens is 351 g/mol. The first kappa shape index (κ1) is 18.2. The highest BCUT2D eigenvalue weighted by molar-refractivity contribution is 6.03. The third kappa shape index (κ3) is 4.97. The molecule has 0 saturated carbocycles. The molecule has 3 aromatic rings. The number of benzene rings is 1. The van der Waals surface area contributed by atoms with E-state index >= 15 is 0 Å². The Balaban J connectivity index is 1.57. The molecule has 0 fully saturated rings. The molecule has 0 aliphatic rings. The average molecular weight is 368 g/mol. The van der Waals surface area contributed by atoms with Crippen LogP contribution in [-0.4, -0.2) is 28.5 Å². The molecule has 0 aliphatic heterocycles. The van der Waals surface area contributed by atoms with Gasteiger partial charge in [-0.2, -0.15) is 0 Å². The molecule has 27 heavy (non-hydrogen) atoms. The van der Waals surface area contributed by atoms with Crippen LogP contribution in [0, 0.1) is 12.7 Å². The zero-order valence-electron chi connectivity index (χ0n) is 14.5. The Morgan fingerprint density at radius 3 is 2.44 bits per heavy atom. The minimum Gasteiger partial charge on any atom is -0.360 e. The van der Waals surface area contributed by atoms with E-state index in [9.17, 15) is 14.0 Å². The second-order valence-electron chi connectivity index (χ2n) is 5.82. The van der Waals surface area contributed by atoms with E-state index in [-0.39, 0.29) is 23.0 Å². The summed E-state index contributed by atoms with van der Waals surface area (Å²) in [6.45, 7) is 2.07. The minimum absolute atomic E-state index is 0.0850. The lowest BCUT2D eigenvalue weighted by atomic mass is 10.1. The van der Waals surface area contributed by atoms with Gasteiger partial charge in [-0.1, -0.05) is 23.4 Å². The topological polar surface area (TPSA) is 97.1 Å². The molecular formula is C19H17FN4O3. The van der Waals surface area contributed by atoms with Gasteiger partial charge in [0, 0.05) is 12.6 Å². The second-order valence-corrected chi connectivity index (χ2v) is 5.82. The highest BCUT2D eigenvalue weighted by Crippen LogP contribution is 2.09. The van der Waals surface area contributed by atoms with E-state index in [1.807, 2.05) is 0 Å². The van der Waals surface area contributed by atoms with Gasteiger partial charge < -0.3 is 15.2 Å². The fourth-order valence-corrected chi connectivity index (χ4v) is 2.36. The van der Waals surface area contributed by atoms with Gasteiger partial charge in [0.15, 0.2) is 5.82 Å². The summed E-state index contributed by atoms with van der Waals surface area (Å²) < 4.78 is 17.8. The van der Waals surface area contributed by atoms with Crippen molar-refractivity contribution in [2.24, 2.45) is 0 Å². The Hall–Kier alpha value is -3.55. The van der Waals surface area contributed by atoms with Crippen LogP contribution in [-0.2, 0) is 6.42 Å². The van der Waals surface area contributed by atoms with Gasteiger partial charge in [-0.05, 0) is 43.2 Å². The van der Waals surface area contributed by atoms with Gasteiger partial charge >= 0.3 is 0 Å². The van der Waals surface area contributed by atoms with Crippen LogP contribution in [0.3, 0.4) is 0 Å². The molecule has 2 N–H and O–H groups in total. The van der Waals surface area contributed by atoms with Crippen LogP contribution < -0.4 is 10.6 Å². The zero-order valence-corrected chi connectivity index (χ0v) is 14.5. The van der Waals surface area contributed by atoms with Crippen molar-refractivity contribution in [3.63, 3.8) is 0 Å². The molecule has 1 aromatic carbocycles. The van der Waals surface area contributed by atoms with E-state index in [2.05, 4.69) is 20.8 Å². The number of carbonyl (C=O) groups is 2. The van der Waals surface area contributed by atoms with Crippen molar-refractivity contribution in [3.8, 4) is 0 Å². The fraction of sp³-hybridized carbons (Fsp3) is 0.158. The summed E-state index contributed by atoms with van der Waals surface area (Å²) in [5, 5.41) is 8.95. The monoisotopic (exact) mass is 368 g/mol. The summed E-state index contributed by atoms with van der Waals surface area (Å²) in [5.41, 5.74) is 1.11. The Kier molecular flexibility index (Phi) is 5.55. The lowest BCUT2D eigenvalue weighted by molar-refractivity contribution is 0.0949. The average Bonchev–Trinajstić information content (AvgIpc) is 3.08. The standard InChI is InChI=1S/C19H17FN4O3/c1-12-11-17(24-27-12)23-19(26)16-4-2-3-15(22-16)18(25)21-10-9-13-5-7-14(20)8-6-13/h2-8,11H,9-10H2,1H3,(H,21,25)(H,23,24,26). The van der Waals surface area contributed by atoms with Gasteiger partial charge in [0.25, 0.3) is 11.8 Å². The molecule has 2 aromatic heterocycles. The molecule has 0 radical (unpaired) electrons. The van der Waals surface area contributed by atoms with Crippen LogP contribution in [0.25, 0.3) is 0 Å². The normalized spacial score (nSPS) is 10.4. The first-order valence-electron chi connectivity index (χ1n) is 8.25. The van der Waals surface area contributed by atoms with E-state index in [0.29, 0.717) is 18.7 Å². The number of nitrogens with zero attached hydrogens (tertiary/aromatic N) is 2. The van der Waals surface area contributed by atoms with Crippen molar-refractivity contribution in [2.75, 3.05) is 11.9 Å². The first-order valence-corrected chi connectivity index (χ1v) is 8.25. The van der Waals surface area contributed by atoms with Crippen molar-refractivity contribution < 1.29 is 18.5 Å². The number of pyridine rings is 1. The number of aromatic nitrogens is 2. The predicted octanol–water partition coefficient (Wildman–Crippen LogP) is 2.74. The van der Waals surface area contributed by atoms with Crippen LogP contribution in [0.5, 0.6) is 0 Å². The molecule has 3 rings (SSSR count). The van der Waals surface area contributed by atoms with Gasteiger partial charge in [0.1, 0.15) is 23.0 Å². The van der Waals surface area contributed by atoms with E-state index in [1.54, 1.807) is 31.2 Å². The van der Waals surface area contributed by atoms with Crippen LogP contribution >= 0.6 is 0 Å². The lowest BCUT2D eigenvalue weighted by Crippen LogP contribution is -2.27. The van der Waals surface area contributed by atoms with Gasteiger partial charge in [0.05, 0.1) is 0 Å². The maximum atomic E-state index is 12.9. The number of amides is 2. The summed E-state index contributed by atoms with van der Waals surface area (Å²) in [6.07, 6.45) is 0.553. The molecule has 0 saturated heterocycles. The molecule has 0 spiro atoms. The van der Waals surface area contributed by atoms with E-state index in [4.69, 9.17) is 4.52 Å². The molecule has 2 amide bonds. The summed E-state index contributed by atoms with van der Waals surface area (Å²) in [4.78, 5) is 28.5. The summed E-state index contributed by atoms with van der Waals surface area (Å²) in [7, 11) is 0. The van der Waals surface area contributed by atoms with Crippen LogP contribution in [0.4, 0.5) is 10.2 Å².